The van der Waals surface area contributed by atoms with Gasteiger partial charge in [0.15, 0.2) is 17.9 Å². The highest BCUT2D eigenvalue weighted by molar-refractivity contribution is 5.70. The molecule has 0 aliphatic carbocycles. The first-order chi connectivity index (χ1) is 11.1. The molecule has 0 spiro atoms. The van der Waals surface area contributed by atoms with Crippen LogP contribution in [0.15, 0.2) is 0 Å². The summed E-state index contributed by atoms with van der Waals surface area (Å²) in [6, 6.07) is -0.595. The molecule has 0 aromatic carbocycles. The van der Waals surface area contributed by atoms with Gasteiger partial charge in [-0.25, -0.2) is 0 Å². The lowest BCUT2D eigenvalue weighted by Crippen LogP contribution is -2.60. The summed E-state index contributed by atoms with van der Waals surface area (Å²) in [5.74, 6) is -1.93. The topological polar surface area (TPSA) is 98.5 Å². The highest BCUT2D eigenvalue weighted by Gasteiger charge is 2.61. The summed E-state index contributed by atoms with van der Waals surface area (Å²) >= 11 is 0. The van der Waals surface area contributed by atoms with Gasteiger partial charge in [0, 0.05) is 6.04 Å². The second kappa shape index (κ2) is 6.19. The van der Waals surface area contributed by atoms with Crippen LogP contribution in [0.2, 0.25) is 0 Å². The molecule has 3 heterocycles. The highest BCUT2D eigenvalue weighted by Crippen LogP contribution is 2.44. The number of hydrogen-bond donors (Lipinski definition) is 1. The van der Waals surface area contributed by atoms with Crippen LogP contribution in [0.3, 0.4) is 0 Å². The maximum Gasteiger partial charge on any atom is 0.307 e. The maximum absolute atomic E-state index is 11.8. The van der Waals surface area contributed by atoms with Gasteiger partial charge in [0.1, 0.15) is 24.4 Å². The number of esters is 1. The number of hydrogen-bond acceptors (Lipinski definition) is 8. The zero-order valence-corrected chi connectivity index (χ0v) is 14.8. The van der Waals surface area contributed by atoms with Crippen molar-refractivity contribution in [1.29, 1.82) is 0 Å². The maximum atomic E-state index is 11.8. The second-order valence-corrected chi connectivity index (χ2v) is 7.31. The monoisotopic (exact) mass is 345 g/mol. The third kappa shape index (κ3) is 3.44. The van der Waals surface area contributed by atoms with Gasteiger partial charge in [-0.3, -0.25) is 4.79 Å². The van der Waals surface area contributed by atoms with Crippen LogP contribution in [0.4, 0.5) is 0 Å². The highest BCUT2D eigenvalue weighted by atomic mass is 16.9. The molecule has 0 amide bonds. The molecule has 8 nitrogen and oxygen atoms in total. The zero-order valence-electron chi connectivity index (χ0n) is 14.8. The molecule has 24 heavy (non-hydrogen) atoms. The number of nitrogens with two attached hydrogens (primary N) is 1. The molecule has 138 valence electrons. The second-order valence-electron chi connectivity index (χ2n) is 7.31. The Bertz CT molecular complexity index is 495. The number of ether oxygens (including phenoxy) is 6. The molecule has 3 aliphatic rings. The largest absolute Gasteiger partial charge is 0.466 e. The summed E-state index contributed by atoms with van der Waals surface area (Å²) in [7, 11) is 0. The summed E-state index contributed by atoms with van der Waals surface area (Å²) < 4.78 is 34.7. The van der Waals surface area contributed by atoms with Crippen molar-refractivity contribution in [3.05, 3.63) is 0 Å². The smallest absolute Gasteiger partial charge is 0.307 e. The van der Waals surface area contributed by atoms with Crippen molar-refractivity contribution in [3.8, 4) is 0 Å². The lowest BCUT2D eigenvalue weighted by Gasteiger charge is -2.39. The summed E-state index contributed by atoms with van der Waals surface area (Å²) in [5.41, 5.74) is 6.22. The number of rotatable bonds is 4. The van der Waals surface area contributed by atoms with Crippen molar-refractivity contribution in [2.24, 2.45) is 5.73 Å². The van der Waals surface area contributed by atoms with E-state index in [4.69, 9.17) is 34.2 Å². The van der Waals surface area contributed by atoms with Crippen molar-refractivity contribution >= 4 is 5.97 Å². The molecule has 3 aliphatic heterocycles. The molecule has 0 bridgehead atoms. The molecular formula is C16H27NO7. The first-order valence-electron chi connectivity index (χ1n) is 8.40. The predicted octanol–water partition coefficient (Wildman–Crippen LogP) is 0.663. The van der Waals surface area contributed by atoms with Crippen LogP contribution in [-0.2, 0) is 33.2 Å². The van der Waals surface area contributed by atoms with E-state index >= 15 is 0 Å². The van der Waals surface area contributed by atoms with Gasteiger partial charge in [0.2, 0.25) is 0 Å². The van der Waals surface area contributed by atoms with E-state index in [0.29, 0.717) is 6.61 Å². The van der Waals surface area contributed by atoms with Crippen LogP contribution in [0.5, 0.6) is 0 Å². The molecule has 8 heteroatoms. The lowest BCUT2D eigenvalue weighted by atomic mass is 9.93. The minimum atomic E-state index is -0.786. The Morgan fingerprint density at radius 3 is 2.29 bits per heavy atom. The number of carbonyl (C=O) groups is 1. The zero-order chi connectivity index (χ0) is 17.7. The van der Waals surface area contributed by atoms with Gasteiger partial charge in [0.05, 0.1) is 13.0 Å². The molecule has 0 saturated carbocycles. The van der Waals surface area contributed by atoms with Crippen molar-refractivity contribution in [1.82, 2.24) is 0 Å². The predicted molar refractivity (Wildman–Crippen MR) is 81.7 cm³/mol. The first-order valence-corrected chi connectivity index (χ1v) is 8.40. The van der Waals surface area contributed by atoms with Crippen molar-refractivity contribution in [2.45, 2.75) is 89.4 Å². The normalized spacial score (nSPS) is 40.7. The van der Waals surface area contributed by atoms with Crippen LogP contribution in [0.25, 0.3) is 0 Å². The fourth-order valence-electron chi connectivity index (χ4n) is 3.52. The van der Waals surface area contributed by atoms with Crippen molar-refractivity contribution in [2.75, 3.05) is 6.61 Å². The van der Waals surface area contributed by atoms with Crippen molar-refractivity contribution < 1.29 is 33.2 Å². The van der Waals surface area contributed by atoms with Crippen LogP contribution < -0.4 is 5.73 Å². The third-order valence-electron chi connectivity index (χ3n) is 4.32. The van der Waals surface area contributed by atoms with Gasteiger partial charge in [-0.1, -0.05) is 0 Å². The molecule has 0 unspecified atom stereocenters. The molecule has 3 saturated heterocycles. The van der Waals surface area contributed by atoms with Gasteiger partial charge in [-0.05, 0) is 34.6 Å². The Morgan fingerprint density at radius 1 is 1.04 bits per heavy atom. The molecule has 0 aromatic rings. The molecule has 3 fully saturated rings. The van der Waals surface area contributed by atoms with E-state index in [0.717, 1.165) is 0 Å². The quantitative estimate of drug-likeness (QED) is 0.742. The van der Waals surface area contributed by atoms with Gasteiger partial charge < -0.3 is 34.2 Å². The van der Waals surface area contributed by atoms with E-state index < -0.39 is 42.2 Å². The Morgan fingerprint density at radius 2 is 1.62 bits per heavy atom. The summed E-state index contributed by atoms with van der Waals surface area (Å²) in [4.78, 5) is 11.8. The fourth-order valence-corrected chi connectivity index (χ4v) is 3.52. The Labute approximate surface area is 141 Å². The molecule has 0 radical (unpaired) electrons. The van der Waals surface area contributed by atoms with E-state index in [1.807, 2.05) is 27.7 Å². The molecule has 3 rings (SSSR count). The van der Waals surface area contributed by atoms with E-state index in [-0.39, 0.29) is 18.5 Å². The van der Waals surface area contributed by atoms with E-state index in [1.165, 1.54) is 0 Å². The van der Waals surface area contributed by atoms with E-state index in [9.17, 15) is 4.79 Å². The Hall–Kier alpha value is -0.770. The minimum Gasteiger partial charge on any atom is -0.466 e. The number of fused-ring (bicyclic) bond motifs is 3. The van der Waals surface area contributed by atoms with Gasteiger partial charge >= 0.3 is 5.97 Å². The van der Waals surface area contributed by atoms with Crippen LogP contribution in [0.1, 0.15) is 41.0 Å². The molecule has 6 atom stereocenters. The van der Waals surface area contributed by atoms with E-state index in [2.05, 4.69) is 0 Å². The fraction of sp³-hybridized carbons (Fsp3) is 0.938. The Balaban J connectivity index is 1.78. The first kappa shape index (κ1) is 18.0. The lowest BCUT2D eigenvalue weighted by molar-refractivity contribution is -0.238. The SMILES string of the molecule is CCOC(=O)C[C@@H](N)[C@H]1O[C@@H]2OC(C)(C)O[C@@H]2[C@H]2OC(C)(C)O[C@H]21. The molecule has 0 aromatic heterocycles. The average Bonchev–Trinajstić information content (AvgIpc) is 2.92. The standard InChI is InChI=1S/C16H27NO7/c1-6-19-9(18)7-8(17)10-11-12(22-15(2,3)21-11)13-14(20-10)24-16(4,5)23-13/h8,10-14H,6-7,17H2,1-5H3/t8-,10-,11+,12+,13-,14-/m1/s1. The van der Waals surface area contributed by atoms with Gasteiger partial charge in [0.25, 0.3) is 0 Å². The van der Waals surface area contributed by atoms with Crippen molar-refractivity contribution in [3.63, 3.8) is 0 Å². The van der Waals surface area contributed by atoms with Gasteiger partial charge in [-0.15, -0.1) is 0 Å². The van der Waals surface area contributed by atoms with Crippen LogP contribution >= 0.6 is 0 Å². The molecular weight excluding hydrogens is 318 g/mol. The Kier molecular flexibility index (Phi) is 4.65. The van der Waals surface area contributed by atoms with Crippen LogP contribution in [0, 0.1) is 0 Å². The number of carbonyl (C=O) groups excluding carboxylic acids is 1. The molecule has 2 N–H and O–H groups in total. The average molecular weight is 345 g/mol. The summed E-state index contributed by atoms with van der Waals surface area (Å²) in [6.45, 7) is 9.36. The van der Waals surface area contributed by atoms with Crippen LogP contribution in [-0.4, -0.2) is 60.9 Å². The summed E-state index contributed by atoms with van der Waals surface area (Å²) in [5, 5.41) is 0. The third-order valence-corrected chi connectivity index (χ3v) is 4.32. The van der Waals surface area contributed by atoms with Gasteiger partial charge in [-0.2, -0.15) is 0 Å². The van der Waals surface area contributed by atoms with E-state index in [1.54, 1.807) is 6.92 Å². The summed E-state index contributed by atoms with van der Waals surface area (Å²) in [6.07, 6.45) is -2.36. The minimum absolute atomic E-state index is 0.0349.